The van der Waals surface area contributed by atoms with Crippen molar-refractivity contribution in [1.82, 2.24) is 15.3 Å². The average molecular weight is 248 g/mol. The zero-order valence-electron chi connectivity index (χ0n) is 11.7. The van der Waals surface area contributed by atoms with Gasteiger partial charge in [-0.3, -0.25) is 0 Å². The first kappa shape index (κ1) is 13.3. The predicted octanol–water partition coefficient (Wildman–Crippen LogP) is 2.40. The van der Waals surface area contributed by atoms with Gasteiger partial charge in [0.1, 0.15) is 12.1 Å². The van der Waals surface area contributed by atoms with Crippen LogP contribution >= 0.6 is 0 Å². The first-order chi connectivity index (χ1) is 8.59. The molecule has 1 saturated heterocycles. The molecular weight excluding hydrogens is 224 g/mol. The molecule has 4 nitrogen and oxygen atoms in total. The molecule has 18 heavy (non-hydrogen) atoms. The monoisotopic (exact) mass is 248 g/mol. The van der Waals surface area contributed by atoms with Crippen molar-refractivity contribution < 1.29 is 0 Å². The van der Waals surface area contributed by atoms with Gasteiger partial charge in [-0.05, 0) is 30.7 Å². The summed E-state index contributed by atoms with van der Waals surface area (Å²) in [7, 11) is 0. The second-order valence-corrected chi connectivity index (χ2v) is 5.93. The number of anilines is 1. The van der Waals surface area contributed by atoms with Crippen molar-refractivity contribution in [2.75, 3.05) is 25.0 Å². The van der Waals surface area contributed by atoms with E-state index in [0.29, 0.717) is 11.3 Å². The van der Waals surface area contributed by atoms with E-state index in [1.807, 2.05) is 0 Å². The van der Waals surface area contributed by atoms with Crippen LogP contribution in [0.1, 0.15) is 45.2 Å². The Balaban J connectivity index is 1.95. The van der Waals surface area contributed by atoms with Crippen LogP contribution in [0.25, 0.3) is 0 Å². The average Bonchev–Trinajstić information content (AvgIpc) is 2.38. The number of aromatic nitrogens is 2. The van der Waals surface area contributed by atoms with Gasteiger partial charge in [-0.25, -0.2) is 9.97 Å². The van der Waals surface area contributed by atoms with Gasteiger partial charge in [0.15, 0.2) is 0 Å². The molecule has 2 rings (SSSR count). The Kier molecular flexibility index (Phi) is 4.17. The summed E-state index contributed by atoms with van der Waals surface area (Å²) in [6.07, 6.45) is 4.19. The van der Waals surface area contributed by atoms with E-state index < -0.39 is 0 Å². The van der Waals surface area contributed by atoms with Crippen LogP contribution in [0.15, 0.2) is 12.4 Å². The number of nitrogens with zero attached hydrogens (tertiary/aromatic N) is 2. The van der Waals surface area contributed by atoms with Gasteiger partial charge in [0, 0.05) is 24.8 Å². The number of nitrogens with one attached hydrogen (secondary N) is 2. The summed E-state index contributed by atoms with van der Waals surface area (Å²) in [4.78, 5) is 8.58. The van der Waals surface area contributed by atoms with Crippen LogP contribution in [0.5, 0.6) is 0 Å². The maximum Gasteiger partial charge on any atom is 0.129 e. The van der Waals surface area contributed by atoms with Crippen molar-refractivity contribution in [2.24, 2.45) is 5.41 Å². The lowest BCUT2D eigenvalue weighted by atomic mass is 9.83. The molecule has 100 valence electrons. The lowest BCUT2D eigenvalue weighted by Gasteiger charge is -2.34. The number of hydrogen-bond acceptors (Lipinski definition) is 4. The van der Waals surface area contributed by atoms with Crippen LogP contribution in [0.4, 0.5) is 5.82 Å². The SMILES string of the molecule is CC(C)c1cc(NCC2(C)CCCNC2)ncn1. The van der Waals surface area contributed by atoms with Gasteiger partial charge in [-0.1, -0.05) is 20.8 Å². The van der Waals surface area contributed by atoms with E-state index in [2.05, 4.69) is 47.4 Å². The quantitative estimate of drug-likeness (QED) is 0.859. The largest absolute Gasteiger partial charge is 0.369 e. The molecule has 0 saturated carbocycles. The third-order valence-corrected chi connectivity index (χ3v) is 3.66. The van der Waals surface area contributed by atoms with Gasteiger partial charge in [0.25, 0.3) is 0 Å². The first-order valence-corrected chi connectivity index (χ1v) is 6.86. The first-order valence-electron chi connectivity index (χ1n) is 6.86. The van der Waals surface area contributed by atoms with Crippen LogP contribution in [-0.2, 0) is 0 Å². The van der Waals surface area contributed by atoms with Gasteiger partial charge in [0.2, 0.25) is 0 Å². The van der Waals surface area contributed by atoms with E-state index in [1.165, 1.54) is 12.8 Å². The van der Waals surface area contributed by atoms with E-state index in [0.717, 1.165) is 31.1 Å². The highest BCUT2D eigenvalue weighted by molar-refractivity contribution is 5.35. The molecule has 1 aliphatic heterocycles. The number of piperidine rings is 1. The second kappa shape index (κ2) is 5.65. The lowest BCUT2D eigenvalue weighted by Crippen LogP contribution is -2.42. The Labute approximate surface area is 110 Å². The third-order valence-electron chi connectivity index (χ3n) is 3.66. The molecule has 1 aromatic heterocycles. The minimum Gasteiger partial charge on any atom is -0.369 e. The number of rotatable bonds is 4. The Morgan fingerprint density at radius 3 is 2.94 bits per heavy atom. The van der Waals surface area contributed by atoms with E-state index in [-0.39, 0.29) is 0 Å². The van der Waals surface area contributed by atoms with Crippen LogP contribution in [-0.4, -0.2) is 29.6 Å². The van der Waals surface area contributed by atoms with E-state index in [9.17, 15) is 0 Å². The molecule has 0 amide bonds. The minimum atomic E-state index is 0.335. The molecule has 4 heteroatoms. The van der Waals surface area contributed by atoms with Crippen LogP contribution in [0, 0.1) is 5.41 Å². The molecule has 1 fully saturated rings. The number of hydrogen-bond donors (Lipinski definition) is 2. The summed E-state index contributed by atoms with van der Waals surface area (Å²) in [6.45, 7) is 9.84. The third kappa shape index (κ3) is 3.42. The van der Waals surface area contributed by atoms with Gasteiger partial charge in [-0.2, -0.15) is 0 Å². The molecule has 0 aromatic carbocycles. The highest BCUT2D eigenvalue weighted by atomic mass is 15.0. The van der Waals surface area contributed by atoms with E-state index >= 15 is 0 Å². The fraction of sp³-hybridized carbons (Fsp3) is 0.714. The normalized spacial score (nSPS) is 24.2. The zero-order valence-corrected chi connectivity index (χ0v) is 11.7. The Hall–Kier alpha value is -1.16. The van der Waals surface area contributed by atoms with Crippen LogP contribution < -0.4 is 10.6 Å². The topological polar surface area (TPSA) is 49.8 Å². The van der Waals surface area contributed by atoms with Crippen LogP contribution in [0.2, 0.25) is 0 Å². The molecule has 1 aliphatic rings. The molecule has 0 aliphatic carbocycles. The summed E-state index contributed by atoms with van der Waals surface area (Å²) in [5.41, 5.74) is 1.43. The van der Waals surface area contributed by atoms with Crippen molar-refractivity contribution in [1.29, 1.82) is 0 Å². The molecule has 2 heterocycles. The summed E-state index contributed by atoms with van der Waals surface area (Å²) < 4.78 is 0. The highest BCUT2D eigenvalue weighted by Crippen LogP contribution is 2.25. The van der Waals surface area contributed by atoms with Gasteiger partial charge in [0.05, 0.1) is 0 Å². The summed E-state index contributed by atoms with van der Waals surface area (Å²) in [5.74, 6) is 1.39. The molecule has 0 radical (unpaired) electrons. The summed E-state index contributed by atoms with van der Waals surface area (Å²) in [5, 5.41) is 6.93. The second-order valence-electron chi connectivity index (χ2n) is 5.93. The molecule has 0 bridgehead atoms. The van der Waals surface area contributed by atoms with Crippen molar-refractivity contribution in [2.45, 2.75) is 39.5 Å². The standard InChI is InChI=1S/C14H24N4/c1-11(2)12-7-13(18-10-17-12)16-9-14(3)5-4-6-15-8-14/h7,10-11,15H,4-6,8-9H2,1-3H3,(H,16,17,18). The van der Waals surface area contributed by atoms with Crippen molar-refractivity contribution in [3.8, 4) is 0 Å². The minimum absolute atomic E-state index is 0.335. The molecule has 0 spiro atoms. The van der Waals surface area contributed by atoms with Crippen molar-refractivity contribution >= 4 is 5.82 Å². The highest BCUT2D eigenvalue weighted by Gasteiger charge is 2.26. The fourth-order valence-electron chi connectivity index (χ4n) is 2.36. The smallest absolute Gasteiger partial charge is 0.129 e. The maximum atomic E-state index is 4.29. The molecule has 1 aromatic rings. The molecule has 1 atom stereocenters. The summed E-state index contributed by atoms with van der Waals surface area (Å²) in [6, 6.07) is 2.06. The van der Waals surface area contributed by atoms with Crippen molar-refractivity contribution in [3.63, 3.8) is 0 Å². The molecule has 2 N–H and O–H groups in total. The zero-order chi connectivity index (χ0) is 13.0. The molecular formula is C14H24N4. The molecule has 1 unspecified atom stereocenters. The van der Waals surface area contributed by atoms with Crippen molar-refractivity contribution in [3.05, 3.63) is 18.1 Å². The van der Waals surface area contributed by atoms with E-state index in [4.69, 9.17) is 0 Å². The summed E-state index contributed by atoms with van der Waals surface area (Å²) >= 11 is 0. The van der Waals surface area contributed by atoms with Gasteiger partial charge < -0.3 is 10.6 Å². The Bertz CT molecular complexity index is 383. The van der Waals surface area contributed by atoms with E-state index in [1.54, 1.807) is 6.33 Å². The fourth-order valence-corrected chi connectivity index (χ4v) is 2.36. The van der Waals surface area contributed by atoms with Crippen LogP contribution in [0.3, 0.4) is 0 Å². The Morgan fingerprint density at radius 2 is 2.28 bits per heavy atom. The van der Waals surface area contributed by atoms with Gasteiger partial charge in [-0.15, -0.1) is 0 Å². The maximum absolute atomic E-state index is 4.29. The Morgan fingerprint density at radius 1 is 1.44 bits per heavy atom. The lowest BCUT2D eigenvalue weighted by molar-refractivity contribution is 0.253. The predicted molar refractivity (Wildman–Crippen MR) is 74.8 cm³/mol. The van der Waals surface area contributed by atoms with Gasteiger partial charge >= 0.3 is 0 Å².